The maximum atomic E-state index is 14.1. The van der Waals surface area contributed by atoms with E-state index in [-0.39, 0.29) is 45.4 Å². The summed E-state index contributed by atoms with van der Waals surface area (Å²) in [5.41, 5.74) is 0.736. The Morgan fingerprint density at radius 1 is 0.712 bits per heavy atom. The molecule has 318 valence electrons. The fourth-order valence-corrected chi connectivity index (χ4v) is 6.68. The van der Waals surface area contributed by atoms with Gasteiger partial charge in [-0.1, -0.05) is 34.8 Å². The lowest BCUT2D eigenvalue weighted by atomic mass is 10.1. The van der Waals surface area contributed by atoms with Crippen molar-refractivity contribution >= 4 is 80.1 Å². The topological polar surface area (TPSA) is 193 Å². The molecule has 2 aliphatic rings. The molecule has 0 unspecified atom stereocenters. The summed E-state index contributed by atoms with van der Waals surface area (Å²) in [6.07, 6.45) is 10.3. The average Bonchev–Trinajstić information content (AvgIpc) is 3.90. The number of aromatic amines is 2. The Balaban J connectivity index is 0.000000160. The molecule has 8 rings (SSSR count). The monoisotopic (exact) mass is 879 g/mol. The van der Waals surface area contributed by atoms with Crippen LogP contribution in [0, 0.1) is 11.6 Å². The molecule has 16 nitrogen and oxygen atoms in total. The third kappa shape index (κ3) is 12.3. The van der Waals surface area contributed by atoms with Gasteiger partial charge in [0, 0.05) is 50.8 Å². The molecule has 8 heterocycles. The predicted octanol–water partition coefficient (Wildman–Crippen LogP) is 8.54. The second-order valence-corrected chi connectivity index (χ2v) is 16.6. The molecular formula is C38H46Cl3F2N11O5. The van der Waals surface area contributed by atoms with E-state index in [1.54, 1.807) is 20.6 Å². The third-order valence-electron chi connectivity index (χ3n) is 8.82. The van der Waals surface area contributed by atoms with Crippen LogP contribution >= 0.6 is 34.8 Å². The third-order valence-corrected chi connectivity index (χ3v) is 9.70. The number of rotatable bonds is 1. The second-order valence-electron chi connectivity index (χ2n) is 15.6. The Morgan fingerprint density at radius 2 is 1.22 bits per heavy atom. The van der Waals surface area contributed by atoms with Crippen LogP contribution in [-0.2, 0) is 9.47 Å². The van der Waals surface area contributed by atoms with Crippen LogP contribution in [0.25, 0.3) is 33.1 Å². The molecule has 59 heavy (non-hydrogen) atoms. The van der Waals surface area contributed by atoms with Crippen LogP contribution in [0.2, 0.25) is 15.5 Å². The minimum atomic E-state index is -0.513. The highest BCUT2D eigenvalue weighted by atomic mass is 35.5. The first-order valence-electron chi connectivity index (χ1n) is 18.7. The number of hydrogen-bond acceptors (Lipinski definition) is 11. The number of nitrogens with zero attached hydrogens (tertiary/aromatic N) is 9. The standard InChI is InChI=1S/C16H20ClFN4O2.C10H19NO3.C6H3ClFN3.C6H4ClN3/c1-16(2,3)24-15(23)21-6-4-10(5-7-21)22-8-11(18)12-13(17)19-9-20-14(12)22;1-10(2,3)14-9(13)11-6-4-8(12)5-7-11;7-5-4-3(8)1-9-6(4)11-2-10-5;7-5-4-1-2-8-6(4)10-3-9-5/h8-10H,4-7H2,1-3H3;8,12H,4-7H2,1-3H3;1-2H,(H,9,10,11);1-3H,(H,8,9,10). The van der Waals surface area contributed by atoms with E-state index >= 15 is 0 Å². The van der Waals surface area contributed by atoms with Crippen LogP contribution in [0.1, 0.15) is 73.3 Å². The summed E-state index contributed by atoms with van der Waals surface area (Å²) < 4.78 is 39.4. The van der Waals surface area contributed by atoms with E-state index < -0.39 is 22.8 Å². The average molecular weight is 881 g/mol. The van der Waals surface area contributed by atoms with Crippen LogP contribution in [0.3, 0.4) is 0 Å². The number of carbonyl (C=O) groups is 2. The molecule has 2 saturated heterocycles. The summed E-state index contributed by atoms with van der Waals surface area (Å²) >= 11 is 17.3. The number of aromatic nitrogens is 9. The summed E-state index contributed by atoms with van der Waals surface area (Å²) in [4.78, 5) is 55.7. The lowest BCUT2D eigenvalue weighted by Crippen LogP contribution is -2.42. The normalized spacial score (nSPS) is 15.2. The number of carbonyl (C=O) groups excluding carboxylic acids is 2. The Hall–Kier alpha value is -4.91. The van der Waals surface area contributed by atoms with E-state index in [1.165, 1.54) is 31.4 Å². The molecule has 6 aromatic heterocycles. The van der Waals surface area contributed by atoms with E-state index in [2.05, 4.69) is 39.9 Å². The summed E-state index contributed by atoms with van der Waals surface area (Å²) in [5.74, 6) is -0.851. The SMILES string of the molecule is CC(C)(C)OC(=O)N1CCC(O)CC1.CC(C)(C)OC(=O)N1CCC(n2cc(F)c3c(Cl)ncnc32)CC1.Clc1ncnc2[nH]ccc12.Fc1c[nH]c2ncnc(Cl)c12. The van der Waals surface area contributed by atoms with Gasteiger partial charge in [0.15, 0.2) is 11.6 Å². The van der Waals surface area contributed by atoms with Crippen molar-refractivity contribution in [3.05, 3.63) is 70.7 Å². The van der Waals surface area contributed by atoms with Gasteiger partial charge in [-0.2, -0.15) is 0 Å². The summed E-state index contributed by atoms with van der Waals surface area (Å²) in [6.45, 7) is 13.4. The molecule has 3 N–H and O–H groups in total. The molecular weight excluding hydrogens is 835 g/mol. The fraction of sp³-hybridized carbons (Fsp3) is 0.474. The highest BCUT2D eigenvalue weighted by Gasteiger charge is 2.29. The number of likely N-dealkylation sites (tertiary alicyclic amines) is 2. The van der Waals surface area contributed by atoms with Gasteiger partial charge in [0.1, 0.15) is 62.6 Å². The predicted molar refractivity (Wildman–Crippen MR) is 219 cm³/mol. The number of fused-ring (bicyclic) bond motifs is 3. The van der Waals surface area contributed by atoms with Crippen molar-refractivity contribution in [2.24, 2.45) is 0 Å². The van der Waals surface area contributed by atoms with Gasteiger partial charge < -0.3 is 38.9 Å². The minimum Gasteiger partial charge on any atom is -0.444 e. The van der Waals surface area contributed by atoms with Gasteiger partial charge in [-0.3, -0.25) is 0 Å². The Bertz CT molecular complexity index is 2350. The first kappa shape index (κ1) is 45.2. The molecule has 2 fully saturated rings. The molecule has 2 aliphatic heterocycles. The highest BCUT2D eigenvalue weighted by Crippen LogP contribution is 2.31. The van der Waals surface area contributed by atoms with Gasteiger partial charge in [0.25, 0.3) is 0 Å². The Labute approximate surface area is 353 Å². The van der Waals surface area contributed by atoms with E-state index in [0.717, 1.165) is 11.0 Å². The number of amides is 2. The number of aliphatic hydroxyl groups is 1. The lowest BCUT2D eigenvalue weighted by molar-refractivity contribution is 0.00991. The number of H-pyrrole nitrogens is 2. The quantitative estimate of drug-likeness (QED) is 0.134. The highest BCUT2D eigenvalue weighted by molar-refractivity contribution is 6.34. The molecule has 0 atom stereocenters. The summed E-state index contributed by atoms with van der Waals surface area (Å²) in [5, 5.41) is 11.4. The zero-order valence-electron chi connectivity index (χ0n) is 33.3. The van der Waals surface area contributed by atoms with E-state index in [4.69, 9.17) is 44.3 Å². The number of aliphatic hydroxyl groups excluding tert-OH is 1. The van der Waals surface area contributed by atoms with Crippen molar-refractivity contribution < 1.29 is 33.0 Å². The van der Waals surface area contributed by atoms with Gasteiger partial charge in [-0.25, -0.2) is 48.3 Å². The van der Waals surface area contributed by atoms with E-state index in [9.17, 15) is 23.5 Å². The van der Waals surface area contributed by atoms with Gasteiger partial charge in [-0.15, -0.1) is 0 Å². The molecule has 0 spiro atoms. The second kappa shape index (κ2) is 19.4. The Morgan fingerprint density at radius 3 is 1.76 bits per heavy atom. The van der Waals surface area contributed by atoms with Crippen molar-refractivity contribution in [1.29, 1.82) is 0 Å². The van der Waals surface area contributed by atoms with Crippen molar-refractivity contribution in [3.8, 4) is 0 Å². The first-order valence-corrected chi connectivity index (χ1v) is 19.8. The molecule has 0 aliphatic carbocycles. The van der Waals surface area contributed by atoms with E-state index in [1.807, 2.05) is 47.6 Å². The van der Waals surface area contributed by atoms with Gasteiger partial charge in [-0.05, 0) is 73.3 Å². The van der Waals surface area contributed by atoms with Gasteiger partial charge in [0.2, 0.25) is 0 Å². The molecule has 0 saturated carbocycles. The number of piperidine rings is 2. The van der Waals surface area contributed by atoms with Crippen LogP contribution in [0.5, 0.6) is 0 Å². The van der Waals surface area contributed by atoms with Gasteiger partial charge >= 0.3 is 12.2 Å². The smallest absolute Gasteiger partial charge is 0.410 e. The fourth-order valence-electron chi connectivity index (χ4n) is 6.04. The lowest BCUT2D eigenvalue weighted by Gasteiger charge is -2.34. The molecule has 21 heteroatoms. The number of ether oxygens (including phenoxy) is 2. The van der Waals surface area contributed by atoms with Crippen molar-refractivity contribution in [3.63, 3.8) is 0 Å². The van der Waals surface area contributed by atoms with Crippen LogP contribution in [0.15, 0.2) is 43.6 Å². The van der Waals surface area contributed by atoms with Crippen LogP contribution in [-0.4, -0.2) is 115 Å². The molecule has 0 radical (unpaired) electrons. The summed E-state index contributed by atoms with van der Waals surface area (Å²) in [7, 11) is 0. The van der Waals surface area contributed by atoms with Crippen molar-refractivity contribution in [2.75, 3.05) is 26.2 Å². The Kier molecular flexibility index (Phi) is 14.9. The molecule has 0 bridgehead atoms. The minimum absolute atomic E-state index is 0.0571. The van der Waals surface area contributed by atoms with Crippen LogP contribution in [0.4, 0.5) is 18.4 Å². The zero-order valence-corrected chi connectivity index (χ0v) is 35.6. The number of hydrogen-bond donors (Lipinski definition) is 3. The van der Waals surface area contributed by atoms with Gasteiger partial charge in [0.05, 0.1) is 22.3 Å². The molecule has 2 amide bonds. The first-order chi connectivity index (χ1) is 27.8. The maximum Gasteiger partial charge on any atom is 0.410 e. The van der Waals surface area contributed by atoms with E-state index in [0.29, 0.717) is 68.3 Å². The summed E-state index contributed by atoms with van der Waals surface area (Å²) in [6, 6.07) is 1.90. The number of nitrogens with one attached hydrogen (secondary N) is 2. The molecule has 0 aromatic carbocycles. The maximum absolute atomic E-state index is 14.1. The van der Waals surface area contributed by atoms with Crippen LogP contribution < -0.4 is 0 Å². The number of halogens is 5. The van der Waals surface area contributed by atoms with Crippen molar-refractivity contribution in [2.45, 2.75) is 90.6 Å². The largest absolute Gasteiger partial charge is 0.444 e. The zero-order chi connectivity index (χ0) is 43.1. The molecule has 6 aromatic rings. The van der Waals surface area contributed by atoms with Crippen molar-refractivity contribution in [1.82, 2.24) is 54.2 Å².